The summed E-state index contributed by atoms with van der Waals surface area (Å²) < 4.78 is 14.6. The van der Waals surface area contributed by atoms with E-state index in [-0.39, 0.29) is 6.61 Å². The average molecular weight is 208 g/mol. The summed E-state index contributed by atoms with van der Waals surface area (Å²) in [7, 11) is -4.27. The van der Waals surface area contributed by atoms with Crippen molar-refractivity contribution in [2.75, 3.05) is 6.61 Å². The number of hydrogen-bond donors (Lipinski definition) is 2. The zero-order valence-electron chi connectivity index (χ0n) is 8.06. The highest BCUT2D eigenvalue weighted by Crippen LogP contribution is 2.35. The fourth-order valence-corrected chi connectivity index (χ4v) is 1.32. The summed E-state index contributed by atoms with van der Waals surface area (Å²) in [5.41, 5.74) is 1.29. The van der Waals surface area contributed by atoms with Crippen molar-refractivity contribution in [2.24, 2.45) is 0 Å². The second kappa shape index (κ2) is 6.33. The van der Waals surface area contributed by atoms with Gasteiger partial charge in [-0.2, -0.15) is 0 Å². The van der Waals surface area contributed by atoms with E-state index in [0.29, 0.717) is 6.42 Å². The number of phosphoric ester groups is 1. The van der Waals surface area contributed by atoms with E-state index in [9.17, 15) is 4.57 Å². The molecule has 0 saturated heterocycles. The Hall–Kier alpha value is -0.150. The molecule has 0 bridgehead atoms. The van der Waals surface area contributed by atoms with Crippen LogP contribution in [0.1, 0.15) is 33.1 Å². The standard InChI is InChI=1S/C8H17O4P/c1-3-8(4-2)6-5-7-12-13(9,10)11/h6H,3-5,7H2,1-2H3,(H2,9,10,11). The lowest BCUT2D eigenvalue weighted by molar-refractivity contribution is 0.200. The summed E-state index contributed by atoms with van der Waals surface area (Å²) in [4.78, 5) is 16.7. The molecule has 78 valence electrons. The van der Waals surface area contributed by atoms with Crippen LogP contribution in [0.25, 0.3) is 0 Å². The van der Waals surface area contributed by atoms with Crippen molar-refractivity contribution >= 4 is 7.82 Å². The van der Waals surface area contributed by atoms with Gasteiger partial charge in [-0.25, -0.2) is 4.57 Å². The fourth-order valence-electron chi connectivity index (χ4n) is 0.973. The first kappa shape index (κ1) is 12.8. The third-order valence-electron chi connectivity index (χ3n) is 1.72. The molecule has 0 rings (SSSR count). The molecule has 13 heavy (non-hydrogen) atoms. The number of phosphoric acid groups is 1. The minimum Gasteiger partial charge on any atom is -0.303 e. The molecule has 4 nitrogen and oxygen atoms in total. The van der Waals surface area contributed by atoms with Crippen molar-refractivity contribution in [1.29, 1.82) is 0 Å². The van der Waals surface area contributed by atoms with Crippen molar-refractivity contribution in [1.82, 2.24) is 0 Å². The van der Waals surface area contributed by atoms with Crippen molar-refractivity contribution in [2.45, 2.75) is 33.1 Å². The Bertz CT molecular complexity index is 200. The minimum atomic E-state index is -4.27. The van der Waals surface area contributed by atoms with Crippen LogP contribution in [0.4, 0.5) is 0 Å². The molecule has 2 N–H and O–H groups in total. The van der Waals surface area contributed by atoms with E-state index < -0.39 is 7.82 Å². The lowest BCUT2D eigenvalue weighted by atomic mass is 10.1. The average Bonchev–Trinajstić information content (AvgIpc) is 2.03. The molecular formula is C8H17O4P. The van der Waals surface area contributed by atoms with Gasteiger partial charge in [0, 0.05) is 0 Å². The zero-order chi connectivity index (χ0) is 10.3. The van der Waals surface area contributed by atoms with Crippen molar-refractivity contribution in [3.63, 3.8) is 0 Å². The smallest absolute Gasteiger partial charge is 0.303 e. The van der Waals surface area contributed by atoms with Crippen LogP contribution in [-0.4, -0.2) is 16.4 Å². The third kappa shape index (κ3) is 8.19. The molecule has 0 aliphatic heterocycles. The molecule has 0 amide bonds. The van der Waals surface area contributed by atoms with Gasteiger partial charge in [0.05, 0.1) is 6.61 Å². The summed E-state index contributed by atoms with van der Waals surface area (Å²) in [6.45, 7) is 4.19. The second-order valence-electron chi connectivity index (χ2n) is 2.68. The van der Waals surface area contributed by atoms with Gasteiger partial charge in [0.2, 0.25) is 0 Å². The van der Waals surface area contributed by atoms with Gasteiger partial charge in [0.1, 0.15) is 0 Å². The maximum Gasteiger partial charge on any atom is 0.469 e. The number of hydrogen-bond acceptors (Lipinski definition) is 2. The van der Waals surface area contributed by atoms with Gasteiger partial charge in [-0.15, -0.1) is 0 Å². The first-order valence-electron chi connectivity index (χ1n) is 4.37. The monoisotopic (exact) mass is 208 g/mol. The SMILES string of the molecule is CCC(=CCCOP(=O)(O)O)CC. The zero-order valence-corrected chi connectivity index (χ0v) is 8.96. The van der Waals surface area contributed by atoms with Gasteiger partial charge in [-0.05, 0) is 19.3 Å². The predicted octanol–water partition coefficient (Wildman–Crippen LogP) is 2.23. The molecule has 0 spiro atoms. The maximum atomic E-state index is 10.3. The van der Waals surface area contributed by atoms with Gasteiger partial charge in [0.15, 0.2) is 0 Å². The van der Waals surface area contributed by atoms with Crippen molar-refractivity contribution in [3.05, 3.63) is 11.6 Å². The number of allylic oxidation sites excluding steroid dienone is 1. The molecule has 0 fully saturated rings. The Morgan fingerprint density at radius 2 is 1.92 bits per heavy atom. The molecule has 0 heterocycles. The second-order valence-corrected chi connectivity index (χ2v) is 3.92. The summed E-state index contributed by atoms with van der Waals surface area (Å²) in [6.07, 6.45) is 4.48. The van der Waals surface area contributed by atoms with Crippen LogP contribution in [-0.2, 0) is 9.09 Å². The van der Waals surface area contributed by atoms with E-state index >= 15 is 0 Å². The van der Waals surface area contributed by atoms with Crippen molar-refractivity contribution in [3.8, 4) is 0 Å². The Morgan fingerprint density at radius 3 is 2.31 bits per heavy atom. The molecule has 0 saturated carbocycles. The molecule has 0 aromatic rings. The summed E-state index contributed by atoms with van der Waals surface area (Å²) >= 11 is 0. The highest BCUT2D eigenvalue weighted by Gasteiger charge is 2.11. The van der Waals surface area contributed by atoms with Crippen LogP contribution in [0.15, 0.2) is 11.6 Å². The Balaban J connectivity index is 3.66. The van der Waals surface area contributed by atoms with Crippen LogP contribution < -0.4 is 0 Å². The molecule has 0 atom stereocenters. The fraction of sp³-hybridized carbons (Fsp3) is 0.750. The molecule has 0 unspecified atom stereocenters. The highest BCUT2D eigenvalue weighted by molar-refractivity contribution is 7.46. The van der Waals surface area contributed by atoms with E-state index in [1.165, 1.54) is 5.57 Å². The van der Waals surface area contributed by atoms with Crippen LogP contribution in [0.2, 0.25) is 0 Å². The molecule has 5 heteroatoms. The Morgan fingerprint density at radius 1 is 1.38 bits per heavy atom. The number of rotatable bonds is 6. The Kier molecular flexibility index (Phi) is 6.25. The van der Waals surface area contributed by atoms with Gasteiger partial charge in [0.25, 0.3) is 0 Å². The van der Waals surface area contributed by atoms with Crippen molar-refractivity contribution < 1.29 is 18.9 Å². The predicted molar refractivity (Wildman–Crippen MR) is 51.3 cm³/mol. The lowest BCUT2D eigenvalue weighted by Gasteiger charge is -2.03. The molecule has 0 aromatic carbocycles. The first-order chi connectivity index (χ1) is 5.99. The van der Waals surface area contributed by atoms with E-state index in [0.717, 1.165) is 12.8 Å². The van der Waals surface area contributed by atoms with E-state index in [1.807, 2.05) is 6.08 Å². The maximum absolute atomic E-state index is 10.3. The molecule has 0 aliphatic carbocycles. The van der Waals surface area contributed by atoms with E-state index in [2.05, 4.69) is 18.4 Å². The molecule has 0 radical (unpaired) electrons. The van der Waals surface area contributed by atoms with Crippen LogP contribution in [0.5, 0.6) is 0 Å². The topological polar surface area (TPSA) is 66.8 Å². The largest absolute Gasteiger partial charge is 0.469 e. The van der Waals surface area contributed by atoms with Gasteiger partial charge in [-0.3, -0.25) is 4.52 Å². The van der Waals surface area contributed by atoms with Crippen LogP contribution >= 0.6 is 7.82 Å². The summed E-state index contributed by atoms with van der Waals surface area (Å²) in [6, 6.07) is 0. The molecular weight excluding hydrogens is 191 g/mol. The quantitative estimate of drug-likeness (QED) is 0.399. The third-order valence-corrected chi connectivity index (χ3v) is 2.24. The first-order valence-corrected chi connectivity index (χ1v) is 5.90. The Labute approximate surface area is 78.9 Å². The van der Waals surface area contributed by atoms with Crippen LogP contribution in [0, 0.1) is 0 Å². The molecule has 0 aromatic heterocycles. The molecule has 0 aliphatic rings. The normalized spacial score (nSPS) is 11.4. The highest BCUT2D eigenvalue weighted by atomic mass is 31.2. The summed E-state index contributed by atoms with van der Waals surface area (Å²) in [5, 5.41) is 0. The van der Waals surface area contributed by atoms with E-state index in [1.54, 1.807) is 0 Å². The van der Waals surface area contributed by atoms with Crippen LogP contribution in [0.3, 0.4) is 0 Å². The van der Waals surface area contributed by atoms with E-state index in [4.69, 9.17) is 9.79 Å². The minimum absolute atomic E-state index is 0.0772. The van der Waals surface area contributed by atoms with Gasteiger partial charge < -0.3 is 9.79 Å². The summed E-state index contributed by atoms with van der Waals surface area (Å²) in [5.74, 6) is 0. The lowest BCUT2D eigenvalue weighted by Crippen LogP contribution is -1.91. The van der Waals surface area contributed by atoms with Gasteiger partial charge in [-0.1, -0.05) is 25.5 Å². The van der Waals surface area contributed by atoms with Gasteiger partial charge >= 0.3 is 7.82 Å².